The third-order valence-corrected chi connectivity index (χ3v) is 1.17. The molecule has 0 rings (SSSR count). The van der Waals surface area contributed by atoms with Crippen LogP contribution in [0, 0.1) is 0 Å². The highest BCUT2D eigenvalue weighted by atomic mass is 16.5. The zero-order chi connectivity index (χ0) is 7.98. The predicted octanol–water partition coefficient (Wildman–Crippen LogP) is 0.687. The molecule has 0 aromatic carbocycles. The van der Waals surface area contributed by atoms with Crippen molar-refractivity contribution >= 4 is 0 Å². The van der Waals surface area contributed by atoms with Gasteiger partial charge in [0.25, 0.3) is 0 Å². The Morgan fingerprint density at radius 1 is 1.50 bits per heavy atom. The van der Waals surface area contributed by atoms with Gasteiger partial charge in [0.05, 0.1) is 0 Å². The fourth-order valence-electron chi connectivity index (χ4n) is 0.754. The van der Waals surface area contributed by atoms with Crippen LogP contribution in [0.15, 0.2) is 0 Å². The lowest BCUT2D eigenvalue weighted by atomic mass is 10.4. The lowest BCUT2D eigenvalue weighted by molar-refractivity contribution is -0.00590. The molecule has 0 fully saturated rings. The molecule has 2 atom stereocenters. The van der Waals surface area contributed by atoms with Crippen LogP contribution in [0.25, 0.3) is 0 Å². The minimum absolute atomic E-state index is 0.00926. The minimum atomic E-state index is -0.489. The zero-order valence-corrected chi connectivity index (χ0v) is 6.92. The highest BCUT2D eigenvalue weighted by Crippen LogP contribution is 1.93. The monoisotopic (exact) mass is 147 g/mol. The number of hydrogen-bond donors (Lipinski definition) is 2. The number of hydrogen-bond acceptors (Lipinski definition) is 3. The molecule has 62 valence electrons. The highest BCUT2D eigenvalue weighted by molar-refractivity contribution is 4.52. The van der Waals surface area contributed by atoms with Crippen LogP contribution in [-0.2, 0) is 4.74 Å². The molecular formula is C7H17NO2. The summed E-state index contributed by atoms with van der Waals surface area (Å²) in [6.45, 7) is 6.31. The van der Waals surface area contributed by atoms with E-state index in [4.69, 9.17) is 9.84 Å². The Morgan fingerprint density at radius 3 is 2.40 bits per heavy atom. The molecule has 0 saturated carbocycles. The van der Waals surface area contributed by atoms with Gasteiger partial charge in [0.1, 0.15) is 12.5 Å². The van der Waals surface area contributed by atoms with Gasteiger partial charge in [-0.1, -0.05) is 6.92 Å². The molecule has 0 amide bonds. The van der Waals surface area contributed by atoms with Gasteiger partial charge in [-0.05, 0) is 20.3 Å². The molecule has 0 spiro atoms. The van der Waals surface area contributed by atoms with Gasteiger partial charge in [0.2, 0.25) is 0 Å². The molecule has 0 aliphatic heterocycles. The first-order valence-electron chi connectivity index (χ1n) is 3.76. The fraction of sp³-hybridized carbons (Fsp3) is 1.00. The molecule has 0 aromatic rings. The Balaban J connectivity index is 3.39. The molecule has 3 nitrogen and oxygen atoms in total. The van der Waals surface area contributed by atoms with E-state index in [1.54, 1.807) is 6.92 Å². The molecule has 0 aliphatic rings. The summed E-state index contributed by atoms with van der Waals surface area (Å²) in [5.74, 6) is 0. The van der Waals surface area contributed by atoms with Gasteiger partial charge in [-0.2, -0.15) is 0 Å². The molecule has 0 aliphatic carbocycles. The summed E-state index contributed by atoms with van der Waals surface area (Å²) in [5.41, 5.74) is 0. The number of aliphatic hydroxyl groups excluding tert-OH is 1. The van der Waals surface area contributed by atoms with E-state index >= 15 is 0 Å². The van der Waals surface area contributed by atoms with Crippen LogP contribution in [-0.4, -0.2) is 24.2 Å². The maximum absolute atomic E-state index is 8.89. The second kappa shape index (κ2) is 5.65. The summed E-state index contributed by atoms with van der Waals surface area (Å²) in [4.78, 5) is 0. The van der Waals surface area contributed by atoms with Gasteiger partial charge in [0.15, 0.2) is 0 Å². The van der Waals surface area contributed by atoms with Crippen molar-refractivity contribution < 1.29 is 9.84 Å². The van der Waals surface area contributed by atoms with Crippen molar-refractivity contribution in [2.45, 2.75) is 39.6 Å². The lowest BCUT2D eigenvalue weighted by Gasteiger charge is -2.18. The van der Waals surface area contributed by atoms with E-state index in [-0.39, 0.29) is 6.23 Å². The summed E-state index contributed by atoms with van der Waals surface area (Å²) in [6.07, 6.45) is 0.375. The van der Waals surface area contributed by atoms with Gasteiger partial charge in [-0.25, -0.2) is 0 Å². The van der Waals surface area contributed by atoms with Crippen LogP contribution in [0.1, 0.15) is 27.2 Å². The maximum Gasteiger partial charge on any atom is 0.109 e. The number of aliphatic hydroxyl groups is 1. The van der Waals surface area contributed by atoms with Crippen molar-refractivity contribution in [3.8, 4) is 0 Å². The van der Waals surface area contributed by atoms with Crippen LogP contribution < -0.4 is 5.32 Å². The summed E-state index contributed by atoms with van der Waals surface area (Å²) < 4.78 is 5.23. The standard InChI is InChI=1S/C7H17NO2/c1-4-7(10-5-2)8-6(3)9/h6-9H,4-5H2,1-3H3. The average Bonchev–Trinajstić information content (AvgIpc) is 1.86. The van der Waals surface area contributed by atoms with Gasteiger partial charge < -0.3 is 9.84 Å². The average molecular weight is 147 g/mol. The molecule has 0 heterocycles. The Morgan fingerprint density at radius 2 is 2.10 bits per heavy atom. The van der Waals surface area contributed by atoms with E-state index in [0.29, 0.717) is 6.61 Å². The smallest absolute Gasteiger partial charge is 0.109 e. The third kappa shape index (κ3) is 4.73. The van der Waals surface area contributed by atoms with Crippen LogP contribution >= 0.6 is 0 Å². The number of nitrogens with one attached hydrogen (secondary N) is 1. The summed E-state index contributed by atoms with van der Waals surface area (Å²) in [6, 6.07) is 0. The molecule has 3 heteroatoms. The second-order valence-corrected chi connectivity index (χ2v) is 2.19. The van der Waals surface area contributed by atoms with E-state index in [1.807, 2.05) is 13.8 Å². The third-order valence-electron chi connectivity index (χ3n) is 1.17. The largest absolute Gasteiger partial charge is 0.379 e. The summed E-state index contributed by atoms with van der Waals surface area (Å²) >= 11 is 0. The Kier molecular flexibility index (Phi) is 5.58. The normalized spacial score (nSPS) is 16.8. The predicted molar refractivity (Wildman–Crippen MR) is 40.5 cm³/mol. The van der Waals surface area contributed by atoms with E-state index in [9.17, 15) is 0 Å². The van der Waals surface area contributed by atoms with Gasteiger partial charge >= 0.3 is 0 Å². The molecule has 2 unspecified atom stereocenters. The SMILES string of the molecule is CCOC(CC)NC(C)O. The topological polar surface area (TPSA) is 41.5 Å². The maximum atomic E-state index is 8.89. The fourth-order valence-corrected chi connectivity index (χ4v) is 0.754. The van der Waals surface area contributed by atoms with Gasteiger partial charge in [0, 0.05) is 6.61 Å². The van der Waals surface area contributed by atoms with Crippen molar-refractivity contribution in [1.82, 2.24) is 5.32 Å². The molecule has 2 N–H and O–H groups in total. The van der Waals surface area contributed by atoms with Crippen LogP contribution in [0.3, 0.4) is 0 Å². The molecular weight excluding hydrogens is 130 g/mol. The quantitative estimate of drug-likeness (QED) is 0.562. The minimum Gasteiger partial charge on any atom is -0.379 e. The van der Waals surface area contributed by atoms with Crippen molar-refractivity contribution in [2.24, 2.45) is 0 Å². The Bertz CT molecular complexity index is 76.0. The summed E-state index contributed by atoms with van der Waals surface area (Å²) in [5, 5.41) is 11.8. The first-order chi connectivity index (χ1) is 4.70. The van der Waals surface area contributed by atoms with Crippen molar-refractivity contribution in [2.75, 3.05) is 6.61 Å². The van der Waals surface area contributed by atoms with E-state index < -0.39 is 6.23 Å². The van der Waals surface area contributed by atoms with Crippen LogP contribution in [0.2, 0.25) is 0 Å². The number of ether oxygens (including phenoxy) is 1. The molecule has 0 saturated heterocycles. The Hall–Kier alpha value is -0.120. The van der Waals surface area contributed by atoms with Crippen molar-refractivity contribution in [1.29, 1.82) is 0 Å². The molecule has 0 aromatic heterocycles. The molecule has 10 heavy (non-hydrogen) atoms. The van der Waals surface area contributed by atoms with Crippen molar-refractivity contribution in [3.63, 3.8) is 0 Å². The Labute approximate surface area is 62.4 Å². The first-order valence-corrected chi connectivity index (χ1v) is 3.76. The van der Waals surface area contributed by atoms with Gasteiger partial charge in [-0.3, -0.25) is 5.32 Å². The zero-order valence-electron chi connectivity index (χ0n) is 6.92. The van der Waals surface area contributed by atoms with Crippen molar-refractivity contribution in [3.05, 3.63) is 0 Å². The van der Waals surface area contributed by atoms with Crippen LogP contribution in [0.4, 0.5) is 0 Å². The molecule has 0 bridgehead atoms. The first kappa shape index (κ1) is 9.88. The second-order valence-electron chi connectivity index (χ2n) is 2.19. The number of rotatable bonds is 5. The van der Waals surface area contributed by atoms with Gasteiger partial charge in [-0.15, -0.1) is 0 Å². The highest BCUT2D eigenvalue weighted by Gasteiger charge is 2.05. The van der Waals surface area contributed by atoms with Crippen LogP contribution in [0.5, 0.6) is 0 Å². The summed E-state index contributed by atoms with van der Waals surface area (Å²) in [7, 11) is 0. The van der Waals surface area contributed by atoms with E-state index in [2.05, 4.69) is 5.32 Å². The lowest BCUT2D eigenvalue weighted by Crippen LogP contribution is -2.37. The van der Waals surface area contributed by atoms with E-state index in [0.717, 1.165) is 6.42 Å². The molecule has 0 radical (unpaired) electrons. The van der Waals surface area contributed by atoms with E-state index in [1.165, 1.54) is 0 Å².